The van der Waals surface area contributed by atoms with Gasteiger partial charge in [0.2, 0.25) is 0 Å². The van der Waals surface area contributed by atoms with Gasteiger partial charge >= 0.3 is 0 Å². The van der Waals surface area contributed by atoms with Gasteiger partial charge in [0.15, 0.2) is 0 Å². The molecule has 1 atom stereocenters. The second-order valence-corrected chi connectivity index (χ2v) is 11.1. The Bertz CT molecular complexity index is 2070. The number of hydrogen-bond donors (Lipinski definition) is 0. The van der Waals surface area contributed by atoms with Crippen LogP contribution >= 0.6 is 0 Å². The van der Waals surface area contributed by atoms with Crippen LogP contribution in [-0.2, 0) is 6.42 Å². The second kappa shape index (κ2) is 9.38. The molecule has 8 rings (SSSR count). The fourth-order valence-electron chi connectivity index (χ4n) is 7.22. The summed E-state index contributed by atoms with van der Waals surface area (Å²) in [4.78, 5) is 2.60. The summed E-state index contributed by atoms with van der Waals surface area (Å²) < 4.78 is 2.53. The van der Waals surface area contributed by atoms with Crippen molar-refractivity contribution >= 4 is 55.5 Å². The zero-order valence-electron chi connectivity index (χ0n) is 23.5. The van der Waals surface area contributed by atoms with Crippen molar-refractivity contribution in [3.8, 4) is 5.69 Å². The quantitative estimate of drug-likeness (QED) is 0.221. The van der Waals surface area contributed by atoms with Gasteiger partial charge in [-0.25, -0.2) is 0 Å². The lowest BCUT2D eigenvalue weighted by molar-refractivity contribution is 0.832. The number of hydrogen-bond acceptors (Lipinski definition) is 1. The van der Waals surface area contributed by atoms with E-state index in [-0.39, 0.29) is 6.04 Å². The summed E-state index contributed by atoms with van der Waals surface area (Å²) in [5.74, 6) is 0. The first kappa shape index (κ1) is 24.0. The summed E-state index contributed by atoms with van der Waals surface area (Å²) in [6.45, 7) is 4.41. The van der Waals surface area contributed by atoms with Gasteiger partial charge in [0.05, 0.1) is 22.9 Å². The highest BCUT2D eigenvalue weighted by Crippen LogP contribution is 2.51. The van der Waals surface area contributed by atoms with Crippen LogP contribution in [0.25, 0.3) is 49.8 Å². The van der Waals surface area contributed by atoms with Crippen molar-refractivity contribution < 1.29 is 0 Å². The molecule has 1 aliphatic heterocycles. The van der Waals surface area contributed by atoms with Crippen LogP contribution in [0.15, 0.2) is 121 Å². The summed E-state index contributed by atoms with van der Waals surface area (Å²) >= 11 is 0. The Kier molecular flexibility index (Phi) is 5.50. The number of anilines is 2. The van der Waals surface area contributed by atoms with Crippen molar-refractivity contribution in [3.63, 3.8) is 0 Å². The van der Waals surface area contributed by atoms with Gasteiger partial charge in [0.1, 0.15) is 0 Å². The molecule has 198 valence electrons. The molecule has 5 aromatic carbocycles. The molecule has 0 radical (unpaired) electrons. The molecule has 1 aromatic heterocycles. The number of allylic oxidation sites excluding steroid dienone is 3. The minimum atomic E-state index is 0.286. The maximum Gasteiger partial charge on any atom is 0.0633 e. The average Bonchev–Trinajstić information content (AvgIpc) is 3.51. The van der Waals surface area contributed by atoms with Crippen LogP contribution in [0.1, 0.15) is 37.1 Å². The van der Waals surface area contributed by atoms with E-state index in [9.17, 15) is 0 Å². The highest BCUT2D eigenvalue weighted by atomic mass is 15.2. The molecule has 1 unspecified atom stereocenters. The van der Waals surface area contributed by atoms with E-state index in [2.05, 4.69) is 151 Å². The van der Waals surface area contributed by atoms with Crippen molar-refractivity contribution in [1.82, 2.24) is 4.57 Å². The molecule has 2 aliphatic rings. The molecule has 41 heavy (non-hydrogen) atoms. The lowest BCUT2D eigenvalue weighted by Gasteiger charge is -2.29. The van der Waals surface area contributed by atoms with Crippen LogP contribution in [0, 0.1) is 0 Å². The molecule has 1 aliphatic carbocycles. The van der Waals surface area contributed by atoms with Gasteiger partial charge < -0.3 is 9.47 Å². The minimum absolute atomic E-state index is 0.286. The predicted molar refractivity (Wildman–Crippen MR) is 176 cm³/mol. The molecule has 0 amide bonds. The Balaban J connectivity index is 1.47. The molecule has 0 N–H and O–H groups in total. The first-order valence-corrected chi connectivity index (χ1v) is 14.7. The van der Waals surface area contributed by atoms with E-state index in [1.807, 2.05) is 0 Å². The topological polar surface area (TPSA) is 8.17 Å². The smallest absolute Gasteiger partial charge is 0.0633 e. The third-order valence-electron chi connectivity index (χ3n) is 8.94. The zero-order chi connectivity index (χ0) is 27.5. The Morgan fingerprint density at radius 3 is 2.17 bits per heavy atom. The maximum atomic E-state index is 2.60. The van der Waals surface area contributed by atoms with Gasteiger partial charge in [-0.2, -0.15) is 0 Å². The summed E-state index contributed by atoms with van der Waals surface area (Å²) in [6, 6.07) is 36.2. The lowest BCUT2D eigenvalue weighted by Crippen LogP contribution is -2.27. The van der Waals surface area contributed by atoms with E-state index in [0.29, 0.717) is 0 Å². The van der Waals surface area contributed by atoms with Crippen LogP contribution in [-0.4, -0.2) is 10.6 Å². The Morgan fingerprint density at radius 1 is 0.756 bits per heavy atom. The molecule has 0 bridgehead atoms. The highest BCUT2D eigenvalue weighted by Gasteiger charge is 2.37. The largest absolute Gasteiger partial charge is 0.332 e. The number of benzene rings is 5. The van der Waals surface area contributed by atoms with Gasteiger partial charge in [0, 0.05) is 38.7 Å². The van der Waals surface area contributed by atoms with Crippen molar-refractivity contribution in [2.45, 2.75) is 32.7 Å². The first-order chi connectivity index (χ1) is 20.3. The van der Waals surface area contributed by atoms with E-state index >= 15 is 0 Å². The highest BCUT2D eigenvalue weighted by molar-refractivity contribution is 6.07. The average molecular weight is 529 g/mol. The number of aromatic nitrogens is 1. The van der Waals surface area contributed by atoms with Crippen LogP contribution in [0.4, 0.5) is 11.4 Å². The van der Waals surface area contributed by atoms with Crippen LogP contribution in [0.2, 0.25) is 0 Å². The van der Waals surface area contributed by atoms with Gasteiger partial charge in [-0.1, -0.05) is 110 Å². The van der Waals surface area contributed by atoms with Crippen LogP contribution in [0.3, 0.4) is 0 Å². The number of nitrogens with zero attached hydrogens (tertiary/aromatic N) is 2. The van der Waals surface area contributed by atoms with Gasteiger partial charge in [-0.05, 0) is 60.4 Å². The molecule has 2 heterocycles. The summed E-state index contributed by atoms with van der Waals surface area (Å²) in [7, 11) is 0. The van der Waals surface area contributed by atoms with Crippen molar-refractivity contribution in [2.75, 3.05) is 4.90 Å². The van der Waals surface area contributed by atoms with Crippen molar-refractivity contribution in [2.24, 2.45) is 0 Å². The molecule has 0 saturated carbocycles. The maximum absolute atomic E-state index is 2.60. The molecular weight excluding hydrogens is 496 g/mol. The predicted octanol–water partition coefficient (Wildman–Crippen LogP) is 10.4. The van der Waals surface area contributed by atoms with E-state index in [0.717, 1.165) is 12.8 Å². The van der Waals surface area contributed by atoms with Crippen molar-refractivity contribution in [1.29, 1.82) is 0 Å². The van der Waals surface area contributed by atoms with E-state index in [1.54, 1.807) is 0 Å². The van der Waals surface area contributed by atoms with E-state index < -0.39 is 0 Å². The molecule has 6 aromatic rings. The third kappa shape index (κ3) is 3.50. The zero-order valence-corrected chi connectivity index (χ0v) is 23.5. The molecule has 2 nitrogen and oxygen atoms in total. The molecule has 0 fully saturated rings. The van der Waals surface area contributed by atoms with Crippen molar-refractivity contribution in [3.05, 3.63) is 138 Å². The Morgan fingerprint density at radius 2 is 1.44 bits per heavy atom. The Labute approximate surface area is 241 Å². The van der Waals surface area contributed by atoms with Crippen LogP contribution in [0.5, 0.6) is 0 Å². The SMILES string of the molecule is C/C=C\c1c(CC)n(-c2cccc3ccccc23)c2cc3c(cc12)N(c1cccc2ccccc12)C1CC=CC=C31. The summed E-state index contributed by atoms with van der Waals surface area (Å²) in [6.07, 6.45) is 13.3. The van der Waals surface area contributed by atoms with Gasteiger partial charge in [-0.15, -0.1) is 0 Å². The monoisotopic (exact) mass is 528 g/mol. The van der Waals surface area contributed by atoms with Gasteiger partial charge in [-0.3, -0.25) is 0 Å². The summed E-state index contributed by atoms with van der Waals surface area (Å²) in [5, 5.41) is 6.44. The lowest BCUT2D eigenvalue weighted by atomic mass is 9.95. The number of fused-ring (bicyclic) bond motifs is 6. The fourth-order valence-corrected chi connectivity index (χ4v) is 7.22. The first-order valence-electron chi connectivity index (χ1n) is 14.7. The molecule has 2 heteroatoms. The number of rotatable bonds is 4. The standard InChI is InChI=1S/C39H32N2/c1-3-13-30-32-24-39-33(25-38(32)40(34(30)4-2)35-22-11-16-26-14-5-7-18-28(26)35)31-20-9-10-21-37(31)41(39)36-23-12-17-27-15-6-8-19-29(27)36/h3,5-20,22-25,37H,4,21H2,1-2H3/b13-3-. The second-order valence-electron chi connectivity index (χ2n) is 11.1. The van der Waals surface area contributed by atoms with Crippen LogP contribution < -0.4 is 4.90 Å². The molecular formula is C39H32N2. The van der Waals surface area contributed by atoms with Gasteiger partial charge in [0.25, 0.3) is 0 Å². The third-order valence-corrected chi connectivity index (χ3v) is 8.94. The molecule has 0 spiro atoms. The van der Waals surface area contributed by atoms with E-state index in [1.165, 1.54) is 71.9 Å². The summed E-state index contributed by atoms with van der Waals surface area (Å²) in [5.41, 5.74) is 10.5. The normalized spacial score (nSPS) is 16.2. The molecule has 0 saturated heterocycles. The van der Waals surface area contributed by atoms with E-state index in [4.69, 9.17) is 0 Å². The fraction of sp³-hybridized carbons (Fsp3) is 0.128. The Hall–Kier alpha value is -4.82. The minimum Gasteiger partial charge on any atom is -0.332 e.